The van der Waals surface area contributed by atoms with Crippen molar-refractivity contribution in [1.29, 1.82) is 0 Å². The Hall–Kier alpha value is -2.54. The average molecular weight is 357 g/mol. The summed E-state index contributed by atoms with van der Waals surface area (Å²) in [5.74, 6) is 0.315. The van der Waals surface area contributed by atoms with Gasteiger partial charge in [0.15, 0.2) is 0 Å². The first-order valence-electron chi connectivity index (χ1n) is 8.76. The van der Waals surface area contributed by atoms with Crippen LogP contribution >= 0.6 is 0 Å². The predicted octanol–water partition coefficient (Wildman–Crippen LogP) is 1.64. The molecule has 6 nitrogen and oxygen atoms in total. The Labute approximate surface area is 151 Å². The van der Waals surface area contributed by atoms with Crippen LogP contribution in [0.15, 0.2) is 36.7 Å². The summed E-state index contributed by atoms with van der Waals surface area (Å²) in [6.07, 6.45) is 4.44. The number of rotatable bonds is 4. The summed E-state index contributed by atoms with van der Waals surface area (Å²) in [6, 6.07) is 5.87. The molecule has 0 radical (unpaired) electrons. The number of ether oxygens (including phenoxy) is 2. The lowest BCUT2D eigenvalue weighted by Gasteiger charge is -2.34. The number of hydrogen-bond acceptors (Lipinski definition) is 5. The van der Waals surface area contributed by atoms with E-state index in [1.54, 1.807) is 24.5 Å². The van der Waals surface area contributed by atoms with Gasteiger partial charge in [0, 0.05) is 37.7 Å². The second kappa shape index (κ2) is 7.37. The molecule has 0 bridgehead atoms. The monoisotopic (exact) mass is 357 g/mol. The van der Waals surface area contributed by atoms with Gasteiger partial charge in [0.1, 0.15) is 24.3 Å². The molecule has 4 rings (SSSR count). The standard InChI is InChI=1S/C19H20FN3O3/c20-14-1-3-15(4-2-14)26-12-16-11-23(7-8-25-16)19(24)13-9-17-18(10-13)22-6-5-21-17/h1-6,13,16H,7-12H2. The normalized spacial score (nSPS) is 20.0. The van der Waals surface area contributed by atoms with E-state index < -0.39 is 0 Å². The zero-order chi connectivity index (χ0) is 17.9. The first kappa shape index (κ1) is 16.9. The Morgan fingerprint density at radius 1 is 1.19 bits per heavy atom. The van der Waals surface area contributed by atoms with E-state index in [2.05, 4.69) is 9.97 Å². The molecule has 1 aromatic carbocycles. The van der Waals surface area contributed by atoms with Crippen LogP contribution in [0.5, 0.6) is 5.75 Å². The number of fused-ring (bicyclic) bond motifs is 1. The molecule has 7 heteroatoms. The zero-order valence-corrected chi connectivity index (χ0v) is 14.3. The highest BCUT2D eigenvalue weighted by molar-refractivity contribution is 5.80. The number of morpholine rings is 1. The lowest BCUT2D eigenvalue weighted by molar-refractivity contribution is -0.143. The molecule has 2 aromatic rings. The minimum absolute atomic E-state index is 0.0934. The Morgan fingerprint density at radius 2 is 1.88 bits per heavy atom. The molecule has 1 atom stereocenters. The smallest absolute Gasteiger partial charge is 0.226 e. The molecule has 2 heterocycles. The van der Waals surface area contributed by atoms with Gasteiger partial charge >= 0.3 is 0 Å². The summed E-state index contributed by atoms with van der Waals surface area (Å²) in [5.41, 5.74) is 1.85. The quantitative estimate of drug-likeness (QED) is 0.832. The van der Waals surface area contributed by atoms with Crippen molar-refractivity contribution in [1.82, 2.24) is 14.9 Å². The summed E-state index contributed by atoms with van der Waals surface area (Å²) >= 11 is 0. The van der Waals surface area contributed by atoms with Crippen molar-refractivity contribution >= 4 is 5.91 Å². The largest absolute Gasteiger partial charge is 0.491 e. The van der Waals surface area contributed by atoms with Gasteiger partial charge in [-0.15, -0.1) is 0 Å². The van der Waals surface area contributed by atoms with E-state index in [4.69, 9.17) is 9.47 Å². The van der Waals surface area contributed by atoms with Crippen LogP contribution in [0.3, 0.4) is 0 Å². The molecule has 1 aromatic heterocycles. The average Bonchev–Trinajstić information content (AvgIpc) is 3.11. The van der Waals surface area contributed by atoms with Crippen LogP contribution in [-0.4, -0.2) is 53.2 Å². The van der Waals surface area contributed by atoms with E-state index in [-0.39, 0.29) is 23.7 Å². The van der Waals surface area contributed by atoms with Crippen molar-refractivity contribution in [3.8, 4) is 5.75 Å². The number of hydrogen-bond donors (Lipinski definition) is 0. The Balaban J connectivity index is 1.32. The van der Waals surface area contributed by atoms with Crippen LogP contribution in [0.4, 0.5) is 4.39 Å². The second-order valence-corrected chi connectivity index (χ2v) is 6.60. The molecule has 0 spiro atoms. The SMILES string of the molecule is O=C(C1Cc2nccnc2C1)N1CCOC(COc2ccc(F)cc2)C1. The maximum Gasteiger partial charge on any atom is 0.226 e. The van der Waals surface area contributed by atoms with Gasteiger partial charge in [-0.25, -0.2) is 4.39 Å². The van der Waals surface area contributed by atoms with Crippen LogP contribution in [0.1, 0.15) is 11.4 Å². The van der Waals surface area contributed by atoms with E-state index >= 15 is 0 Å². The molecule has 1 fully saturated rings. The molecule has 0 N–H and O–H groups in total. The van der Waals surface area contributed by atoms with E-state index in [9.17, 15) is 9.18 Å². The zero-order valence-electron chi connectivity index (χ0n) is 14.3. The molecular formula is C19H20FN3O3. The van der Waals surface area contributed by atoms with Crippen LogP contribution in [-0.2, 0) is 22.4 Å². The summed E-state index contributed by atoms with van der Waals surface area (Å²) in [7, 11) is 0. The van der Waals surface area contributed by atoms with Crippen LogP contribution in [0, 0.1) is 11.7 Å². The first-order chi connectivity index (χ1) is 12.7. The number of benzene rings is 1. The molecule has 1 saturated heterocycles. The third kappa shape index (κ3) is 3.67. The predicted molar refractivity (Wildman–Crippen MR) is 91.1 cm³/mol. The highest BCUT2D eigenvalue weighted by atomic mass is 19.1. The highest BCUT2D eigenvalue weighted by Crippen LogP contribution is 2.25. The summed E-state index contributed by atoms with van der Waals surface area (Å²) in [6.45, 7) is 1.89. The Bertz CT molecular complexity index is 759. The molecule has 1 aliphatic heterocycles. The molecule has 0 saturated carbocycles. The first-order valence-corrected chi connectivity index (χ1v) is 8.76. The topological polar surface area (TPSA) is 64.6 Å². The van der Waals surface area contributed by atoms with Gasteiger partial charge in [-0.2, -0.15) is 0 Å². The number of carbonyl (C=O) groups is 1. The lowest BCUT2D eigenvalue weighted by Crippen LogP contribution is -2.49. The summed E-state index contributed by atoms with van der Waals surface area (Å²) in [4.78, 5) is 23.3. The fourth-order valence-electron chi connectivity index (χ4n) is 3.45. The number of amides is 1. The van der Waals surface area contributed by atoms with Crippen molar-refractivity contribution in [2.75, 3.05) is 26.3 Å². The van der Waals surface area contributed by atoms with Gasteiger partial charge in [-0.05, 0) is 24.3 Å². The number of nitrogens with zero attached hydrogens (tertiary/aromatic N) is 3. The van der Waals surface area contributed by atoms with Gasteiger partial charge in [-0.3, -0.25) is 14.8 Å². The molecule has 2 aliphatic rings. The Kier molecular flexibility index (Phi) is 4.79. The molecule has 1 unspecified atom stereocenters. The van der Waals surface area contributed by atoms with E-state index in [0.717, 1.165) is 11.4 Å². The van der Waals surface area contributed by atoms with Crippen LogP contribution in [0.25, 0.3) is 0 Å². The van der Waals surface area contributed by atoms with Crippen molar-refractivity contribution in [3.63, 3.8) is 0 Å². The van der Waals surface area contributed by atoms with Crippen molar-refractivity contribution in [3.05, 3.63) is 53.9 Å². The minimum atomic E-state index is -0.301. The molecular weight excluding hydrogens is 337 g/mol. The van der Waals surface area contributed by atoms with Gasteiger partial charge in [-0.1, -0.05) is 0 Å². The maximum absolute atomic E-state index is 12.9. The minimum Gasteiger partial charge on any atom is -0.491 e. The molecule has 26 heavy (non-hydrogen) atoms. The van der Waals surface area contributed by atoms with E-state index in [1.807, 2.05) is 4.90 Å². The van der Waals surface area contributed by atoms with E-state index in [0.29, 0.717) is 44.9 Å². The number of halogens is 1. The Morgan fingerprint density at radius 3 is 2.58 bits per heavy atom. The molecule has 1 aliphatic carbocycles. The fraction of sp³-hybridized carbons (Fsp3) is 0.421. The molecule has 1 amide bonds. The van der Waals surface area contributed by atoms with Gasteiger partial charge in [0.25, 0.3) is 0 Å². The van der Waals surface area contributed by atoms with E-state index in [1.165, 1.54) is 12.1 Å². The number of aromatic nitrogens is 2. The van der Waals surface area contributed by atoms with Crippen LogP contribution in [0.2, 0.25) is 0 Å². The van der Waals surface area contributed by atoms with Gasteiger partial charge in [0.2, 0.25) is 5.91 Å². The van der Waals surface area contributed by atoms with Crippen molar-refractivity contribution in [2.45, 2.75) is 18.9 Å². The highest BCUT2D eigenvalue weighted by Gasteiger charge is 2.34. The fourth-order valence-corrected chi connectivity index (χ4v) is 3.45. The summed E-state index contributed by atoms with van der Waals surface area (Å²) in [5, 5.41) is 0. The van der Waals surface area contributed by atoms with Gasteiger partial charge in [0.05, 0.1) is 24.5 Å². The van der Waals surface area contributed by atoms with Gasteiger partial charge < -0.3 is 14.4 Å². The van der Waals surface area contributed by atoms with Crippen molar-refractivity contribution in [2.24, 2.45) is 5.92 Å². The van der Waals surface area contributed by atoms with Crippen LogP contribution < -0.4 is 4.74 Å². The van der Waals surface area contributed by atoms with Crippen molar-refractivity contribution < 1.29 is 18.7 Å². The third-order valence-corrected chi connectivity index (χ3v) is 4.79. The third-order valence-electron chi connectivity index (χ3n) is 4.79. The summed E-state index contributed by atoms with van der Waals surface area (Å²) < 4.78 is 24.3. The molecule has 136 valence electrons. The maximum atomic E-state index is 12.9. The second-order valence-electron chi connectivity index (χ2n) is 6.60. The lowest BCUT2D eigenvalue weighted by atomic mass is 10.0. The number of carbonyl (C=O) groups excluding carboxylic acids is 1.